The molecule has 1 aliphatic heterocycles. The number of likely N-dealkylation sites (tertiary alicyclic amines) is 1. The van der Waals surface area contributed by atoms with Gasteiger partial charge in [-0.3, -0.25) is 9.08 Å². The molecule has 0 spiro atoms. The van der Waals surface area contributed by atoms with E-state index in [2.05, 4.69) is 0 Å². The van der Waals surface area contributed by atoms with E-state index in [4.69, 9.17) is 13.7 Å². The van der Waals surface area contributed by atoms with E-state index in [1.54, 1.807) is 20.8 Å². The zero-order chi connectivity index (χ0) is 26.3. The fourth-order valence-electron chi connectivity index (χ4n) is 3.97. The second-order valence-electron chi connectivity index (χ2n) is 9.77. The number of rotatable bonds is 7. The van der Waals surface area contributed by atoms with Gasteiger partial charge < -0.3 is 14.4 Å². The molecule has 196 valence electrons. The third kappa shape index (κ3) is 8.53. The Bertz CT molecular complexity index is 1120. The van der Waals surface area contributed by atoms with Gasteiger partial charge in [0.25, 0.3) is 10.1 Å². The second-order valence-corrected chi connectivity index (χ2v) is 11.4. The number of carbonyl (C=O) groups excluding carboxylic acids is 2. The zero-order valence-electron chi connectivity index (χ0n) is 21.1. The lowest BCUT2D eigenvalue weighted by molar-refractivity contribution is -0.0251. The van der Waals surface area contributed by atoms with Crippen molar-refractivity contribution in [1.82, 2.24) is 9.80 Å². The maximum absolute atomic E-state index is 13.2. The van der Waals surface area contributed by atoms with Crippen LogP contribution < -0.4 is 0 Å². The predicted octanol–water partition coefficient (Wildman–Crippen LogP) is 4.18. The van der Waals surface area contributed by atoms with Gasteiger partial charge in [-0.25, -0.2) is 9.59 Å². The Morgan fingerprint density at radius 2 is 1.58 bits per heavy atom. The van der Waals surface area contributed by atoms with Gasteiger partial charge in [-0.05, 0) is 38.3 Å². The van der Waals surface area contributed by atoms with E-state index in [0.29, 0.717) is 0 Å². The molecule has 1 fully saturated rings. The fourth-order valence-corrected chi connectivity index (χ4v) is 4.61. The standard InChI is InChI=1S/C26H34N2O7S/c1-26(2,3)34-25(30)28(17-20-11-7-5-8-12-20)22-15-16-27(18-23(22)35-36(4,31)32)24(29)33-19-21-13-9-6-10-14-21/h5-14,22-23H,15-19H2,1-4H3/t22-,23-/m1/s1. The first-order chi connectivity index (χ1) is 16.9. The maximum atomic E-state index is 13.2. The van der Waals surface area contributed by atoms with Gasteiger partial charge in [0.1, 0.15) is 18.3 Å². The molecule has 2 amide bonds. The molecule has 0 radical (unpaired) electrons. The third-order valence-corrected chi connectivity index (χ3v) is 6.11. The molecule has 0 aromatic heterocycles. The highest BCUT2D eigenvalue weighted by Crippen LogP contribution is 2.26. The van der Waals surface area contributed by atoms with Crippen molar-refractivity contribution in [3.05, 3.63) is 71.8 Å². The Kier molecular flexibility index (Phi) is 8.97. The van der Waals surface area contributed by atoms with Crippen molar-refractivity contribution in [2.75, 3.05) is 19.3 Å². The Balaban J connectivity index is 1.80. The highest BCUT2D eigenvalue weighted by molar-refractivity contribution is 7.86. The summed E-state index contributed by atoms with van der Waals surface area (Å²) in [5.74, 6) is 0. The maximum Gasteiger partial charge on any atom is 0.410 e. The van der Waals surface area contributed by atoms with Crippen molar-refractivity contribution >= 4 is 22.3 Å². The average molecular weight is 519 g/mol. The zero-order valence-corrected chi connectivity index (χ0v) is 21.9. The van der Waals surface area contributed by atoms with Gasteiger partial charge in [-0.2, -0.15) is 8.42 Å². The number of piperidine rings is 1. The van der Waals surface area contributed by atoms with Crippen LogP contribution in [0, 0.1) is 0 Å². The summed E-state index contributed by atoms with van der Waals surface area (Å²) in [5, 5.41) is 0. The van der Waals surface area contributed by atoms with E-state index >= 15 is 0 Å². The molecule has 0 aliphatic carbocycles. The summed E-state index contributed by atoms with van der Waals surface area (Å²) in [5.41, 5.74) is 0.941. The summed E-state index contributed by atoms with van der Waals surface area (Å²) in [4.78, 5) is 28.9. The van der Waals surface area contributed by atoms with E-state index in [1.165, 1.54) is 9.80 Å². The lowest BCUT2D eigenvalue weighted by Gasteiger charge is -2.42. The monoisotopic (exact) mass is 518 g/mol. The van der Waals surface area contributed by atoms with Crippen LogP contribution in [-0.2, 0) is 36.9 Å². The number of carbonyl (C=O) groups is 2. The van der Waals surface area contributed by atoms with Crippen LogP contribution in [-0.4, -0.2) is 67.5 Å². The summed E-state index contributed by atoms with van der Waals surface area (Å²) in [6.45, 7) is 5.79. The van der Waals surface area contributed by atoms with Crippen LogP contribution in [0.4, 0.5) is 9.59 Å². The van der Waals surface area contributed by atoms with Crippen LogP contribution in [0.25, 0.3) is 0 Å². The Hall–Kier alpha value is -3.11. The van der Waals surface area contributed by atoms with Crippen molar-refractivity contribution in [3.8, 4) is 0 Å². The number of hydrogen-bond acceptors (Lipinski definition) is 7. The predicted molar refractivity (Wildman–Crippen MR) is 135 cm³/mol. The van der Waals surface area contributed by atoms with E-state index in [-0.39, 0.29) is 32.7 Å². The van der Waals surface area contributed by atoms with E-state index < -0.39 is 40.1 Å². The highest BCUT2D eigenvalue weighted by atomic mass is 32.2. The molecular formula is C26H34N2O7S. The minimum absolute atomic E-state index is 0.0561. The van der Waals surface area contributed by atoms with Gasteiger partial charge in [0.05, 0.1) is 18.8 Å². The SMILES string of the molecule is CC(C)(C)OC(=O)N(Cc1ccccc1)[C@@H]1CCN(C(=O)OCc2ccccc2)C[C@H]1OS(C)(=O)=O. The molecule has 0 saturated carbocycles. The van der Waals surface area contributed by atoms with Crippen molar-refractivity contribution in [2.45, 2.75) is 58.1 Å². The number of ether oxygens (including phenoxy) is 2. The molecule has 2 aromatic carbocycles. The molecule has 3 rings (SSSR count). The number of benzene rings is 2. The molecule has 0 unspecified atom stereocenters. The van der Waals surface area contributed by atoms with Gasteiger partial charge >= 0.3 is 12.2 Å². The number of hydrogen-bond donors (Lipinski definition) is 0. The highest BCUT2D eigenvalue weighted by Gasteiger charge is 2.41. The van der Waals surface area contributed by atoms with Gasteiger partial charge in [-0.1, -0.05) is 60.7 Å². The molecule has 1 heterocycles. The fraction of sp³-hybridized carbons (Fsp3) is 0.462. The molecular weight excluding hydrogens is 484 g/mol. The molecule has 0 N–H and O–H groups in total. The van der Waals surface area contributed by atoms with Crippen LogP contribution in [0.5, 0.6) is 0 Å². The van der Waals surface area contributed by atoms with Crippen molar-refractivity contribution in [3.63, 3.8) is 0 Å². The van der Waals surface area contributed by atoms with Gasteiger partial charge in [-0.15, -0.1) is 0 Å². The van der Waals surface area contributed by atoms with E-state index in [0.717, 1.165) is 17.4 Å². The Morgan fingerprint density at radius 3 is 2.14 bits per heavy atom. The quantitative estimate of drug-likeness (QED) is 0.507. The third-order valence-electron chi connectivity index (χ3n) is 5.51. The van der Waals surface area contributed by atoms with Crippen molar-refractivity contribution in [2.24, 2.45) is 0 Å². The molecule has 10 heteroatoms. The van der Waals surface area contributed by atoms with Crippen molar-refractivity contribution < 1.29 is 31.7 Å². The van der Waals surface area contributed by atoms with Gasteiger partial charge in [0.2, 0.25) is 0 Å². The van der Waals surface area contributed by atoms with Crippen LogP contribution in [0.3, 0.4) is 0 Å². The molecule has 1 aliphatic rings. The average Bonchev–Trinajstić information content (AvgIpc) is 2.80. The summed E-state index contributed by atoms with van der Waals surface area (Å²) < 4.78 is 40.7. The first kappa shape index (κ1) is 27.5. The second kappa shape index (κ2) is 11.7. The lowest BCUT2D eigenvalue weighted by Crippen LogP contribution is -2.58. The number of amides is 2. The molecule has 2 atom stereocenters. The molecule has 0 bridgehead atoms. The minimum Gasteiger partial charge on any atom is -0.445 e. The smallest absolute Gasteiger partial charge is 0.410 e. The Labute approximate surface area is 213 Å². The summed E-state index contributed by atoms with van der Waals surface area (Å²) >= 11 is 0. The Morgan fingerprint density at radius 1 is 1.00 bits per heavy atom. The first-order valence-electron chi connectivity index (χ1n) is 11.8. The molecule has 9 nitrogen and oxygen atoms in total. The van der Waals surface area contributed by atoms with E-state index in [9.17, 15) is 18.0 Å². The van der Waals surface area contributed by atoms with E-state index in [1.807, 2.05) is 60.7 Å². The summed E-state index contributed by atoms with van der Waals surface area (Å²) in [6.07, 6.45) is -0.919. The largest absolute Gasteiger partial charge is 0.445 e. The van der Waals surface area contributed by atoms with Crippen LogP contribution >= 0.6 is 0 Å². The van der Waals surface area contributed by atoms with Gasteiger partial charge in [0.15, 0.2) is 0 Å². The van der Waals surface area contributed by atoms with Crippen molar-refractivity contribution in [1.29, 1.82) is 0 Å². The van der Waals surface area contributed by atoms with Gasteiger partial charge in [0, 0.05) is 13.1 Å². The molecule has 36 heavy (non-hydrogen) atoms. The van der Waals surface area contributed by atoms with Crippen LogP contribution in [0.1, 0.15) is 38.3 Å². The van der Waals surface area contributed by atoms with Crippen LogP contribution in [0.2, 0.25) is 0 Å². The number of nitrogens with zero attached hydrogens (tertiary/aromatic N) is 2. The minimum atomic E-state index is -3.89. The first-order valence-corrected chi connectivity index (χ1v) is 13.6. The lowest BCUT2D eigenvalue weighted by atomic mass is 10.00. The molecule has 2 aromatic rings. The summed E-state index contributed by atoms with van der Waals surface area (Å²) in [6, 6.07) is 18.0. The van der Waals surface area contributed by atoms with Crippen LogP contribution in [0.15, 0.2) is 60.7 Å². The molecule has 1 saturated heterocycles. The normalized spacial score (nSPS) is 18.4. The summed E-state index contributed by atoms with van der Waals surface area (Å²) in [7, 11) is -3.89. The topological polar surface area (TPSA) is 102 Å².